The average molecular weight is 345 g/mol. The summed E-state index contributed by atoms with van der Waals surface area (Å²) in [6, 6.07) is 23.6. The van der Waals surface area contributed by atoms with Crippen molar-refractivity contribution in [2.45, 2.75) is 19.3 Å². The molecule has 0 amide bonds. The van der Waals surface area contributed by atoms with Gasteiger partial charge in [-0.1, -0.05) is 54.6 Å². The van der Waals surface area contributed by atoms with Crippen LogP contribution in [0.3, 0.4) is 0 Å². The Morgan fingerprint density at radius 3 is 2.35 bits per heavy atom. The summed E-state index contributed by atoms with van der Waals surface area (Å²) in [5.41, 5.74) is 3.29. The largest absolute Gasteiger partial charge is 0.294 e. The van der Waals surface area contributed by atoms with Crippen molar-refractivity contribution >= 4 is 17.7 Å². The van der Waals surface area contributed by atoms with Gasteiger partial charge in [0.15, 0.2) is 5.78 Å². The molecule has 0 spiro atoms. The lowest BCUT2D eigenvalue weighted by atomic mass is 10.0. The molecule has 0 saturated heterocycles. The van der Waals surface area contributed by atoms with Gasteiger partial charge in [-0.3, -0.25) is 9.79 Å². The second kappa shape index (κ2) is 8.86. The molecule has 0 heterocycles. The van der Waals surface area contributed by atoms with Gasteiger partial charge in [-0.2, -0.15) is 0 Å². The van der Waals surface area contributed by atoms with Crippen molar-refractivity contribution in [1.82, 2.24) is 0 Å². The normalized spacial score (nSPS) is 11.0. The van der Waals surface area contributed by atoms with E-state index in [-0.39, 0.29) is 11.6 Å². The molecule has 3 heteroatoms. The molecule has 26 heavy (non-hydrogen) atoms. The summed E-state index contributed by atoms with van der Waals surface area (Å²) in [5.74, 6) is -0.191. The summed E-state index contributed by atoms with van der Waals surface area (Å²) in [6.45, 7) is 0. The van der Waals surface area contributed by atoms with Crippen LogP contribution in [0.4, 0.5) is 10.1 Å². The molecule has 0 radical (unpaired) electrons. The first-order valence-corrected chi connectivity index (χ1v) is 8.68. The molecule has 3 aromatic rings. The van der Waals surface area contributed by atoms with E-state index in [0.29, 0.717) is 17.7 Å². The molecule has 3 aromatic carbocycles. The summed E-state index contributed by atoms with van der Waals surface area (Å²) in [7, 11) is 0. The quantitative estimate of drug-likeness (QED) is 0.394. The van der Waals surface area contributed by atoms with E-state index in [1.807, 2.05) is 42.5 Å². The van der Waals surface area contributed by atoms with Gasteiger partial charge in [0.1, 0.15) is 5.82 Å². The van der Waals surface area contributed by atoms with Crippen molar-refractivity contribution < 1.29 is 9.18 Å². The second-order valence-corrected chi connectivity index (χ2v) is 6.09. The van der Waals surface area contributed by atoms with Gasteiger partial charge in [-0.05, 0) is 48.2 Å². The highest BCUT2D eigenvalue weighted by molar-refractivity contribution is 6.01. The van der Waals surface area contributed by atoms with Gasteiger partial charge in [0.2, 0.25) is 0 Å². The van der Waals surface area contributed by atoms with Crippen molar-refractivity contribution in [2.75, 3.05) is 0 Å². The van der Waals surface area contributed by atoms with Crippen molar-refractivity contribution in [2.24, 2.45) is 4.99 Å². The zero-order valence-electron chi connectivity index (χ0n) is 14.4. The van der Waals surface area contributed by atoms with E-state index in [0.717, 1.165) is 18.4 Å². The molecule has 0 N–H and O–H groups in total. The molecule has 0 aliphatic rings. The van der Waals surface area contributed by atoms with Crippen LogP contribution in [0.15, 0.2) is 83.9 Å². The zero-order chi connectivity index (χ0) is 18.2. The van der Waals surface area contributed by atoms with Crippen LogP contribution in [0.2, 0.25) is 0 Å². The number of benzene rings is 3. The molecule has 3 rings (SSSR count). The molecule has 0 aliphatic carbocycles. The maximum absolute atomic E-state index is 13.0. The van der Waals surface area contributed by atoms with E-state index in [4.69, 9.17) is 0 Å². The lowest BCUT2D eigenvalue weighted by molar-refractivity contribution is 0.0981. The number of carbonyl (C=O) groups excluding carboxylic acids is 1. The standard InChI is InChI=1S/C23H20FNO/c24-20-15-13-19(14-16-20)17-25-22-11-5-4-10-21(22)23(26)12-6-9-18-7-2-1-3-8-18/h1-5,7-8,10-11,13-17H,6,9,12H2. The first-order valence-electron chi connectivity index (χ1n) is 8.68. The van der Waals surface area contributed by atoms with Crippen LogP contribution in [0.25, 0.3) is 0 Å². The summed E-state index contributed by atoms with van der Waals surface area (Å²) in [5, 5.41) is 0. The van der Waals surface area contributed by atoms with E-state index in [1.165, 1.54) is 17.7 Å². The molecule has 0 fully saturated rings. The Bertz CT molecular complexity index is 886. The van der Waals surface area contributed by atoms with E-state index < -0.39 is 0 Å². The molecular weight excluding hydrogens is 325 g/mol. The third-order valence-corrected chi connectivity index (χ3v) is 4.14. The number of carbonyl (C=O) groups is 1. The molecule has 2 nitrogen and oxygen atoms in total. The number of rotatable bonds is 7. The lowest BCUT2D eigenvalue weighted by Crippen LogP contribution is -2.00. The van der Waals surface area contributed by atoms with Gasteiger partial charge < -0.3 is 0 Å². The SMILES string of the molecule is O=C(CCCc1ccccc1)c1ccccc1N=Cc1ccc(F)cc1. The van der Waals surface area contributed by atoms with Crippen LogP contribution in [0.5, 0.6) is 0 Å². The van der Waals surface area contributed by atoms with Crippen LogP contribution in [-0.2, 0) is 6.42 Å². The summed E-state index contributed by atoms with van der Waals surface area (Å²) in [4.78, 5) is 17.0. The van der Waals surface area contributed by atoms with Crippen LogP contribution in [-0.4, -0.2) is 12.0 Å². The topological polar surface area (TPSA) is 29.4 Å². The number of halogens is 1. The van der Waals surface area contributed by atoms with Gasteiger partial charge in [0.25, 0.3) is 0 Å². The van der Waals surface area contributed by atoms with Gasteiger partial charge >= 0.3 is 0 Å². The van der Waals surface area contributed by atoms with Crippen molar-refractivity contribution in [3.8, 4) is 0 Å². The molecule has 0 bridgehead atoms. The molecule has 0 aromatic heterocycles. The molecule has 0 atom stereocenters. The van der Waals surface area contributed by atoms with Crippen LogP contribution < -0.4 is 0 Å². The highest BCUT2D eigenvalue weighted by Gasteiger charge is 2.10. The number of aliphatic imine (C=N–C) groups is 1. The minimum absolute atomic E-state index is 0.0905. The van der Waals surface area contributed by atoms with Gasteiger partial charge in [-0.25, -0.2) is 4.39 Å². The zero-order valence-corrected chi connectivity index (χ0v) is 14.4. The molecular formula is C23H20FNO. The first-order chi connectivity index (χ1) is 12.7. The summed E-state index contributed by atoms with van der Waals surface area (Å²) >= 11 is 0. The maximum Gasteiger partial charge on any atom is 0.165 e. The minimum Gasteiger partial charge on any atom is -0.294 e. The molecule has 0 aliphatic heterocycles. The van der Waals surface area contributed by atoms with Gasteiger partial charge in [0, 0.05) is 18.2 Å². The number of Topliss-reactive ketones (excluding diaryl/α,β-unsaturated/α-hetero) is 1. The monoisotopic (exact) mass is 345 g/mol. The number of hydrogen-bond acceptors (Lipinski definition) is 2. The van der Waals surface area contributed by atoms with E-state index >= 15 is 0 Å². The highest BCUT2D eigenvalue weighted by Crippen LogP contribution is 2.21. The summed E-state index contributed by atoms with van der Waals surface area (Å²) < 4.78 is 13.0. The number of nitrogens with zero attached hydrogens (tertiary/aromatic N) is 1. The molecule has 0 saturated carbocycles. The van der Waals surface area contributed by atoms with Crippen molar-refractivity contribution in [3.05, 3.63) is 101 Å². The van der Waals surface area contributed by atoms with E-state index in [1.54, 1.807) is 18.3 Å². The van der Waals surface area contributed by atoms with E-state index in [2.05, 4.69) is 17.1 Å². The Hall–Kier alpha value is -3.07. The number of hydrogen-bond donors (Lipinski definition) is 0. The predicted molar refractivity (Wildman–Crippen MR) is 104 cm³/mol. The Morgan fingerprint density at radius 2 is 1.58 bits per heavy atom. The maximum atomic E-state index is 13.0. The number of aryl methyl sites for hydroxylation is 1. The molecule has 0 unspecified atom stereocenters. The average Bonchev–Trinajstić information content (AvgIpc) is 2.68. The van der Waals surface area contributed by atoms with Crippen LogP contribution in [0.1, 0.15) is 34.3 Å². The lowest BCUT2D eigenvalue weighted by Gasteiger charge is -2.05. The second-order valence-electron chi connectivity index (χ2n) is 6.09. The fourth-order valence-electron chi connectivity index (χ4n) is 2.75. The van der Waals surface area contributed by atoms with Crippen molar-refractivity contribution in [1.29, 1.82) is 0 Å². The third kappa shape index (κ3) is 4.96. The number of para-hydroxylation sites is 1. The van der Waals surface area contributed by atoms with Crippen molar-refractivity contribution in [3.63, 3.8) is 0 Å². The Balaban J connectivity index is 1.66. The Labute approximate surface area is 153 Å². The Morgan fingerprint density at radius 1 is 0.885 bits per heavy atom. The predicted octanol–water partition coefficient (Wildman–Crippen LogP) is 5.78. The fraction of sp³-hybridized carbons (Fsp3) is 0.130. The smallest absolute Gasteiger partial charge is 0.165 e. The first kappa shape index (κ1) is 17.7. The van der Waals surface area contributed by atoms with Crippen LogP contribution >= 0.6 is 0 Å². The Kier molecular flexibility index (Phi) is 6.05. The number of ketones is 1. The summed E-state index contributed by atoms with van der Waals surface area (Å²) in [6.07, 6.45) is 3.82. The van der Waals surface area contributed by atoms with Crippen LogP contribution in [0, 0.1) is 5.82 Å². The van der Waals surface area contributed by atoms with Gasteiger partial charge in [0.05, 0.1) is 5.69 Å². The van der Waals surface area contributed by atoms with E-state index in [9.17, 15) is 9.18 Å². The third-order valence-electron chi connectivity index (χ3n) is 4.14. The highest BCUT2D eigenvalue weighted by atomic mass is 19.1. The molecule has 130 valence electrons. The van der Waals surface area contributed by atoms with Gasteiger partial charge in [-0.15, -0.1) is 0 Å². The fourth-order valence-corrected chi connectivity index (χ4v) is 2.75. The minimum atomic E-state index is -0.281.